The normalized spacial score (nSPS) is 11.0. The second-order valence-corrected chi connectivity index (χ2v) is 6.14. The number of halogens is 2. The molecule has 0 aliphatic heterocycles. The van der Waals surface area contributed by atoms with Crippen LogP contribution in [0.2, 0.25) is 0 Å². The van der Waals surface area contributed by atoms with Crippen LogP contribution < -0.4 is 15.8 Å². The monoisotopic (exact) mass is 397 g/mol. The lowest BCUT2D eigenvalue weighted by Gasteiger charge is -2.10. The van der Waals surface area contributed by atoms with Crippen LogP contribution >= 0.6 is 0 Å². The number of hydrogen-bond acceptors (Lipinski definition) is 7. The molecule has 2 aromatic carbocycles. The summed E-state index contributed by atoms with van der Waals surface area (Å²) in [6.07, 6.45) is 0.447. The number of aryl methyl sites for hydroxylation is 1. The molecule has 0 unspecified atom stereocenters. The summed E-state index contributed by atoms with van der Waals surface area (Å²) in [6, 6.07) is 9.09. The molecule has 0 bridgehead atoms. The van der Waals surface area contributed by atoms with Gasteiger partial charge in [0.2, 0.25) is 17.8 Å². The summed E-state index contributed by atoms with van der Waals surface area (Å²) < 4.78 is 34.6. The topological polar surface area (TPSA) is 104 Å². The van der Waals surface area contributed by atoms with E-state index in [1.807, 2.05) is 6.92 Å². The van der Waals surface area contributed by atoms with E-state index in [4.69, 9.17) is 10.5 Å². The van der Waals surface area contributed by atoms with Gasteiger partial charge in [-0.25, -0.2) is 13.8 Å². The molecule has 4 aromatic rings. The van der Waals surface area contributed by atoms with Crippen LogP contribution in [0, 0.1) is 11.6 Å². The van der Waals surface area contributed by atoms with Crippen molar-refractivity contribution in [2.24, 2.45) is 0 Å². The zero-order valence-electron chi connectivity index (χ0n) is 15.6. The molecule has 0 aliphatic carbocycles. The molecule has 148 valence electrons. The summed E-state index contributed by atoms with van der Waals surface area (Å²) in [5.74, 6) is -0.0778. The smallest absolute Gasteiger partial charge is 0.242 e. The summed E-state index contributed by atoms with van der Waals surface area (Å²) in [4.78, 5) is 16.8. The molecule has 2 aromatic heterocycles. The summed E-state index contributed by atoms with van der Waals surface area (Å²) >= 11 is 0. The molecule has 0 spiro atoms. The third kappa shape index (κ3) is 3.51. The SMILES string of the molecule is CCc1nc2c(F)cc(F)cc2n1-c1nc(N)nc(Nc2ccc(OC)cc2)n1. The lowest BCUT2D eigenvalue weighted by molar-refractivity contribution is 0.415. The first-order valence-electron chi connectivity index (χ1n) is 8.78. The number of fused-ring (bicyclic) bond motifs is 1. The molecule has 10 heteroatoms. The molecular formula is C19H17F2N7O. The number of anilines is 3. The minimum atomic E-state index is -0.757. The van der Waals surface area contributed by atoms with Gasteiger partial charge in [0, 0.05) is 24.2 Å². The lowest BCUT2D eigenvalue weighted by atomic mass is 10.3. The molecule has 2 heterocycles. The van der Waals surface area contributed by atoms with E-state index in [1.165, 1.54) is 10.6 Å². The van der Waals surface area contributed by atoms with Gasteiger partial charge < -0.3 is 15.8 Å². The first kappa shape index (κ1) is 18.5. The Bertz CT molecular complexity index is 1190. The van der Waals surface area contributed by atoms with Gasteiger partial charge in [0.05, 0.1) is 12.6 Å². The van der Waals surface area contributed by atoms with E-state index in [0.29, 0.717) is 23.7 Å². The predicted octanol–water partition coefficient (Wildman–Crippen LogP) is 3.39. The van der Waals surface area contributed by atoms with E-state index >= 15 is 0 Å². The van der Waals surface area contributed by atoms with Crippen LogP contribution in [0.1, 0.15) is 12.7 Å². The average molecular weight is 397 g/mol. The van der Waals surface area contributed by atoms with Crippen LogP contribution in [0.5, 0.6) is 5.75 Å². The van der Waals surface area contributed by atoms with E-state index in [2.05, 4.69) is 25.3 Å². The Morgan fingerprint density at radius 1 is 1.07 bits per heavy atom. The number of ether oxygens (including phenoxy) is 1. The summed E-state index contributed by atoms with van der Waals surface area (Å²) in [6.45, 7) is 1.84. The first-order chi connectivity index (χ1) is 14.0. The molecular weight excluding hydrogens is 380 g/mol. The fraction of sp³-hybridized carbons (Fsp3) is 0.158. The number of nitrogens with one attached hydrogen (secondary N) is 1. The van der Waals surface area contributed by atoms with Crippen molar-refractivity contribution in [2.45, 2.75) is 13.3 Å². The molecule has 0 saturated carbocycles. The molecule has 4 rings (SSSR count). The maximum atomic E-state index is 14.2. The maximum absolute atomic E-state index is 14.2. The summed E-state index contributed by atoms with van der Waals surface area (Å²) in [5.41, 5.74) is 6.80. The predicted molar refractivity (Wildman–Crippen MR) is 104 cm³/mol. The highest BCUT2D eigenvalue weighted by Crippen LogP contribution is 2.25. The van der Waals surface area contributed by atoms with Crippen LogP contribution in [0.15, 0.2) is 36.4 Å². The van der Waals surface area contributed by atoms with Crippen LogP contribution in [0.4, 0.5) is 26.4 Å². The van der Waals surface area contributed by atoms with E-state index < -0.39 is 11.6 Å². The minimum Gasteiger partial charge on any atom is -0.497 e. The molecule has 0 radical (unpaired) electrons. The van der Waals surface area contributed by atoms with Crippen molar-refractivity contribution in [1.82, 2.24) is 24.5 Å². The zero-order chi connectivity index (χ0) is 20.5. The Morgan fingerprint density at radius 3 is 2.52 bits per heavy atom. The van der Waals surface area contributed by atoms with Gasteiger partial charge in [0.15, 0.2) is 5.82 Å². The van der Waals surface area contributed by atoms with Crippen molar-refractivity contribution in [3.8, 4) is 11.7 Å². The number of rotatable bonds is 5. The van der Waals surface area contributed by atoms with Gasteiger partial charge in [-0.05, 0) is 24.3 Å². The van der Waals surface area contributed by atoms with Crippen LogP contribution in [0.25, 0.3) is 17.0 Å². The van der Waals surface area contributed by atoms with Crippen LogP contribution in [-0.4, -0.2) is 31.6 Å². The summed E-state index contributed by atoms with van der Waals surface area (Å²) in [5, 5.41) is 3.03. The van der Waals surface area contributed by atoms with E-state index in [0.717, 1.165) is 6.07 Å². The Kier molecular flexibility index (Phi) is 4.67. The van der Waals surface area contributed by atoms with Gasteiger partial charge in [0.25, 0.3) is 0 Å². The molecule has 3 N–H and O–H groups in total. The van der Waals surface area contributed by atoms with Crippen LogP contribution in [0.3, 0.4) is 0 Å². The highest BCUT2D eigenvalue weighted by molar-refractivity contribution is 5.78. The Hall–Kier alpha value is -3.82. The van der Waals surface area contributed by atoms with Crippen molar-refractivity contribution >= 4 is 28.6 Å². The maximum Gasteiger partial charge on any atom is 0.242 e. The fourth-order valence-electron chi connectivity index (χ4n) is 2.95. The fourth-order valence-corrected chi connectivity index (χ4v) is 2.95. The highest BCUT2D eigenvalue weighted by Gasteiger charge is 2.19. The molecule has 0 amide bonds. The number of aromatic nitrogens is 5. The number of nitrogens with zero attached hydrogens (tertiary/aromatic N) is 5. The zero-order valence-corrected chi connectivity index (χ0v) is 15.6. The Labute approximate surface area is 164 Å². The minimum absolute atomic E-state index is 0.0342. The quantitative estimate of drug-likeness (QED) is 0.532. The van der Waals surface area contributed by atoms with Gasteiger partial charge in [-0.1, -0.05) is 6.92 Å². The van der Waals surface area contributed by atoms with Crippen molar-refractivity contribution in [2.75, 3.05) is 18.2 Å². The number of imidazole rings is 1. The molecule has 29 heavy (non-hydrogen) atoms. The average Bonchev–Trinajstić information content (AvgIpc) is 3.07. The van der Waals surface area contributed by atoms with E-state index in [-0.39, 0.29) is 28.9 Å². The van der Waals surface area contributed by atoms with Gasteiger partial charge in [-0.15, -0.1) is 0 Å². The van der Waals surface area contributed by atoms with Gasteiger partial charge >= 0.3 is 0 Å². The number of hydrogen-bond donors (Lipinski definition) is 2. The highest BCUT2D eigenvalue weighted by atomic mass is 19.1. The van der Waals surface area contributed by atoms with Crippen molar-refractivity contribution in [1.29, 1.82) is 0 Å². The number of nitrogens with two attached hydrogens (primary N) is 1. The molecule has 0 atom stereocenters. The molecule has 8 nitrogen and oxygen atoms in total. The van der Waals surface area contributed by atoms with E-state index in [9.17, 15) is 8.78 Å². The molecule has 0 fully saturated rings. The summed E-state index contributed by atoms with van der Waals surface area (Å²) in [7, 11) is 1.58. The Morgan fingerprint density at radius 2 is 1.83 bits per heavy atom. The van der Waals surface area contributed by atoms with Crippen LogP contribution in [-0.2, 0) is 6.42 Å². The number of nitrogen functional groups attached to an aromatic ring is 1. The van der Waals surface area contributed by atoms with Gasteiger partial charge in [-0.2, -0.15) is 15.0 Å². The van der Waals surface area contributed by atoms with Crippen molar-refractivity contribution in [3.05, 3.63) is 53.9 Å². The standard InChI is InChI=1S/C19H17F2N7O/c1-3-15-24-16-13(21)8-10(20)9-14(16)28(15)19-26-17(22)25-18(27-19)23-11-4-6-12(29-2)7-5-11/h4-9H,3H2,1-2H3,(H3,22,23,25,26,27). The van der Waals surface area contributed by atoms with E-state index in [1.54, 1.807) is 31.4 Å². The lowest BCUT2D eigenvalue weighted by Crippen LogP contribution is -2.11. The van der Waals surface area contributed by atoms with Gasteiger partial charge in [0.1, 0.15) is 22.9 Å². The second-order valence-electron chi connectivity index (χ2n) is 6.14. The third-order valence-corrected chi connectivity index (χ3v) is 4.25. The van der Waals surface area contributed by atoms with Gasteiger partial charge in [-0.3, -0.25) is 4.57 Å². The second kappa shape index (κ2) is 7.30. The van der Waals surface area contributed by atoms with Crippen molar-refractivity contribution in [3.63, 3.8) is 0 Å². The molecule has 0 saturated heterocycles. The largest absolute Gasteiger partial charge is 0.497 e. The third-order valence-electron chi connectivity index (χ3n) is 4.25. The Balaban J connectivity index is 1.81. The first-order valence-corrected chi connectivity index (χ1v) is 8.78. The number of methoxy groups -OCH3 is 1. The number of benzene rings is 2. The molecule has 0 aliphatic rings. The van der Waals surface area contributed by atoms with Crippen molar-refractivity contribution < 1.29 is 13.5 Å².